The molecule has 2 rings (SSSR count). The molecule has 24 heavy (non-hydrogen) atoms. The van der Waals surface area contributed by atoms with Gasteiger partial charge in [0.25, 0.3) is 5.91 Å². The molecular formula is C15H16F3N3O3. The van der Waals surface area contributed by atoms with Gasteiger partial charge < -0.3 is 14.8 Å². The largest absolute Gasteiger partial charge is 0.493 e. The molecule has 0 aliphatic rings. The third kappa shape index (κ3) is 3.79. The lowest BCUT2D eigenvalue weighted by atomic mass is 10.2. The molecule has 1 aromatic heterocycles. The topological polar surface area (TPSA) is 65.4 Å². The number of aryl methyl sites for hydroxylation is 1. The number of nitrogens with one attached hydrogen (secondary N) is 1. The van der Waals surface area contributed by atoms with E-state index in [2.05, 4.69) is 10.4 Å². The predicted octanol–water partition coefficient (Wildman–Crippen LogP) is 2.39. The van der Waals surface area contributed by atoms with E-state index in [9.17, 15) is 18.0 Å². The van der Waals surface area contributed by atoms with Gasteiger partial charge in [0, 0.05) is 19.7 Å². The minimum absolute atomic E-state index is 0.117. The summed E-state index contributed by atoms with van der Waals surface area (Å²) in [6.07, 6.45) is -4.60. The van der Waals surface area contributed by atoms with Crippen molar-refractivity contribution in [1.82, 2.24) is 15.1 Å². The SMILES string of the molecule is COc1ccc(CNC(=O)c2cc(C(F)(F)F)nn2C)cc1OC. The highest BCUT2D eigenvalue weighted by Crippen LogP contribution is 2.29. The molecule has 1 heterocycles. The van der Waals surface area contributed by atoms with Gasteiger partial charge >= 0.3 is 6.18 Å². The predicted molar refractivity (Wildman–Crippen MR) is 78.9 cm³/mol. The fourth-order valence-corrected chi connectivity index (χ4v) is 2.08. The van der Waals surface area contributed by atoms with Gasteiger partial charge in [-0.15, -0.1) is 0 Å². The summed E-state index contributed by atoms with van der Waals surface area (Å²) in [7, 11) is 4.26. The highest BCUT2D eigenvalue weighted by Gasteiger charge is 2.35. The van der Waals surface area contributed by atoms with Crippen molar-refractivity contribution in [1.29, 1.82) is 0 Å². The Labute approximate surface area is 136 Å². The Morgan fingerprint density at radius 2 is 1.88 bits per heavy atom. The van der Waals surface area contributed by atoms with Crippen LogP contribution >= 0.6 is 0 Å². The molecule has 9 heteroatoms. The van der Waals surface area contributed by atoms with Gasteiger partial charge in [0.05, 0.1) is 14.2 Å². The number of aromatic nitrogens is 2. The molecule has 2 aromatic rings. The molecule has 130 valence electrons. The van der Waals surface area contributed by atoms with Crippen molar-refractivity contribution in [3.05, 3.63) is 41.2 Å². The van der Waals surface area contributed by atoms with Crippen LogP contribution in [0, 0.1) is 0 Å². The summed E-state index contributed by atoms with van der Waals surface area (Å²) in [5.74, 6) is 0.369. The maximum absolute atomic E-state index is 12.6. The molecule has 6 nitrogen and oxygen atoms in total. The third-order valence-corrected chi connectivity index (χ3v) is 3.30. The summed E-state index contributed by atoms with van der Waals surface area (Å²) in [5, 5.41) is 5.85. The van der Waals surface area contributed by atoms with Crippen molar-refractivity contribution in [3.8, 4) is 11.5 Å². The molecule has 0 atom stereocenters. The molecule has 0 aliphatic carbocycles. The first-order valence-electron chi connectivity index (χ1n) is 6.86. The molecule has 0 bridgehead atoms. The quantitative estimate of drug-likeness (QED) is 0.905. The van der Waals surface area contributed by atoms with Crippen LogP contribution in [0.25, 0.3) is 0 Å². The van der Waals surface area contributed by atoms with Crippen LogP contribution in [-0.2, 0) is 19.8 Å². The zero-order chi connectivity index (χ0) is 17.9. The molecule has 0 fully saturated rings. The number of halogens is 3. The Morgan fingerprint density at radius 3 is 2.42 bits per heavy atom. The van der Waals surface area contributed by atoms with Crippen molar-refractivity contribution in [2.75, 3.05) is 14.2 Å². The molecule has 1 N–H and O–H groups in total. The molecule has 0 spiro atoms. The first-order chi connectivity index (χ1) is 11.3. The number of nitrogens with zero attached hydrogens (tertiary/aromatic N) is 2. The normalized spacial score (nSPS) is 11.2. The summed E-state index contributed by atoms with van der Waals surface area (Å²) < 4.78 is 49.0. The Morgan fingerprint density at radius 1 is 1.21 bits per heavy atom. The van der Waals surface area contributed by atoms with Gasteiger partial charge in [0.15, 0.2) is 17.2 Å². The number of carbonyl (C=O) groups excluding carboxylic acids is 1. The lowest BCUT2D eigenvalue weighted by Crippen LogP contribution is -2.25. The van der Waals surface area contributed by atoms with E-state index < -0.39 is 17.8 Å². The van der Waals surface area contributed by atoms with Crippen LogP contribution in [0.3, 0.4) is 0 Å². The van der Waals surface area contributed by atoms with Crippen LogP contribution < -0.4 is 14.8 Å². The summed E-state index contributed by atoms with van der Waals surface area (Å²) in [5.41, 5.74) is -0.580. The highest BCUT2D eigenvalue weighted by molar-refractivity contribution is 5.92. The monoisotopic (exact) mass is 343 g/mol. The molecular weight excluding hydrogens is 327 g/mol. The second-order valence-electron chi connectivity index (χ2n) is 4.91. The van der Waals surface area contributed by atoms with Crippen LogP contribution in [0.15, 0.2) is 24.3 Å². The molecule has 0 aliphatic heterocycles. The minimum atomic E-state index is -4.60. The summed E-state index contributed by atoms with van der Waals surface area (Å²) in [6.45, 7) is 0.117. The zero-order valence-electron chi connectivity index (χ0n) is 13.3. The van der Waals surface area contributed by atoms with E-state index in [1.807, 2.05) is 0 Å². The first-order valence-corrected chi connectivity index (χ1v) is 6.86. The number of hydrogen-bond acceptors (Lipinski definition) is 4. The zero-order valence-corrected chi connectivity index (χ0v) is 13.3. The number of amides is 1. The summed E-state index contributed by atoms with van der Waals surface area (Å²) in [6, 6.07) is 5.77. The van der Waals surface area contributed by atoms with E-state index in [0.717, 1.165) is 4.68 Å². The standard InChI is InChI=1S/C15H16F3N3O3/c1-21-10(7-13(20-21)15(16,17)18)14(22)19-8-9-4-5-11(23-2)12(6-9)24-3/h4-7H,8H2,1-3H3,(H,19,22). The Kier molecular flexibility index (Phi) is 5.01. The molecule has 0 unspecified atom stereocenters. The lowest BCUT2D eigenvalue weighted by molar-refractivity contribution is -0.141. The fraction of sp³-hybridized carbons (Fsp3) is 0.333. The Balaban J connectivity index is 2.10. The third-order valence-electron chi connectivity index (χ3n) is 3.30. The molecule has 0 radical (unpaired) electrons. The number of rotatable bonds is 5. The first kappa shape index (κ1) is 17.6. The van der Waals surface area contributed by atoms with E-state index >= 15 is 0 Å². The highest BCUT2D eigenvalue weighted by atomic mass is 19.4. The van der Waals surface area contributed by atoms with Gasteiger partial charge in [0.1, 0.15) is 5.69 Å². The van der Waals surface area contributed by atoms with E-state index in [1.165, 1.54) is 21.3 Å². The smallest absolute Gasteiger partial charge is 0.435 e. The van der Waals surface area contributed by atoms with E-state index in [0.29, 0.717) is 23.1 Å². The van der Waals surface area contributed by atoms with Gasteiger partial charge in [-0.1, -0.05) is 6.07 Å². The van der Waals surface area contributed by atoms with Crippen molar-refractivity contribution < 1.29 is 27.4 Å². The van der Waals surface area contributed by atoms with Gasteiger partial charge in [-0.05, 0) is 17.7 Å². The molecule has 1 aromatic carbocycles. The van der Waals surface area contributed by atoms with Crippen molar-refractivity contribution >= 4 is 5.91 Å². The van der Waals surface area contributed by atoms with Crippen molar-refractivity contribution in [2.45, 2.75) is 12.7 Å². The second kappa shape index (κ2) is 6.81. The van der Waals surface area contributed by atoms with Crippen LogP contribution in [-0.4, -0.2) is 29.9 Å². The van der Waals surface area contributed by atoms with E-state index in [4.69, 9.17) is 9.47 Å². The van der Waals surface area contributed by atoms with Gasteiger partial charge in [-0.3, -0.25) is 9.48 Å². The average Bonchev–Trinajstić information content (AvgIpc) is 2.94. The molecule has 1 amide bonds. The van der Waals surface area contributed by atoms with E-state index in [-0.39, 0.29) is 12.2 Å². The number of carbonyl (C=O) groups is 1. The minimum Gasteiger partial charge on any atom is -0.493 e. The van der Waals surface area contributed by atoms with Crippen LogP contribution in [0.2, 0.25) is 0 Å². The van der Waals surface area contributed by atoms with Crippen LogP contribution in [0.5, 0.6) is 11.5 Å². The van der Waals surface area contributed by atoms with E-state index in [1.54, 1.807) is 18.2 Å². The number of methoxy groups -OCH3 is 2. The second-order valence-corrected chi connectivity index (χ2v) is 4.91. The molecule has 0 saturated carbocycles. The number of hydrogen-bond donors (Lipinski definition) is 1. The van der Waals surface area contributed by atoms with Gasteiger partial charge in [0.2, 0.25) is 0 Å². The Bertz CT molecular complexity index is 741. The lowest BCUT2D eigenvalue weighted by Gasteiger charge is -2.10. The summed E-state index contributed by atoms with van der Waals surface area (Å²) >= 11 is 0. The molecule has 0 saturated heterocycles. The van der Waals surface area contributed by atoms with Gasteiger partial charge in [-0.25, -0.2) is 0 Å². The average molecular weight is 343 g/mol. The summed E-state index contributed by atoms with van der Waals surface area (Å²) in [4.78, 5) is 12.1. The number of ether oxygens (including phenoxy) is 2. The van der Waals surface area contributed by atoms with Gasteiger partial charge in [-0.2, -0.15) is 18.3 Å². The van der Waals surface area contributed by atoms with Crippen molar-refractivity contribution in [3.63, 3.8) is 0 Å². The van der Waals surface area contributed by atoms with Crippen molar-refractivity contribution in [2.24, 2.45) is 7.05 Å². The van der Waals surface area contributed by atoms with Crippen LogP contribution in [0.4, 0.5) is 13.2 Å². The number of benzene rings is 1. The Hall–Kier alpha value is -2.71. The fourth-order valence-electron chi connectivity index (χ4n) is 2.08. The maximum atomic E-state index is 12.6. The maximum Gasteiger partial charge on any atom is 0.435 e. The number of alkyl halides is 3. The van der Waals surface area contributed by atoms with Crippen LogP contribution in [0.1, 0.15) is 21.7 Å².